The number of carbonyl (C=O) groups is 2. The van der Waals surface area contributed by atoms with E-state index in [0.29, 0.717) is 33.8 Å². The van der Waals surface area contributed by atoms with Crippen LogP contribution in [-0.2, 0) is 53.4 Å². The number of aromatic amines is 1. The van der Waals surface area contributed by atoms with E-state index in [1.54, 1.807) is 70.2 Å². The van der Waals surface area contributed by atoms with Crippen LogP contribution in [0.4, 0.5) is 17.2 Å². The number of fused-ring (bicyclic) bond motifs is 3. The summed E-state index contributed by atoms with van der Waals surface area (Å²) in [6.07, 6.45) is 5.86. The monoisotopic (exact) mass is 1250 g/mol. The normalized spacial score (nSPS) is 14.2. The summed E-state index contributed by atoms with van der Waals surface area (Å²) in [5, 5.41) is 3.09. The van der Waals surface area contributed by atoms with Gasteiger partial charge in [-0.05, 0) is 52.5 Å². The molecular formula is C45H55Cl4N8O9PS7. The predicted octanol–water partition coefficient (Wildman–Crippen LogP) is 12.5. The van der Waals surface area contributed by atoms with Gasteiger partial charge in [-0.25, -0.2) is 24.9 Å². The number of halogens is 4. The lowest BCUT2D eigenvalue weighted by Gasteiger charge is -2.13. The highest BCUT2D eigenvalue weighted by molar-refractivity contribution is 8.24. The number of nitrogens with two attached hydrogens (primary N) is 1. The molecule has 0 spiro atoms. The maximum absolute atomic E-state index is 11.4. The second-order valence-electron chi connectivity index (χ2n) is 14.2. The van der Waals surface area contributed by atoms with Gasteiger partial charge in [0.2, 0.25) is 0 Å². The number of aromatic nitrogens is 6. The van der Waals surface area contributed by atoms with E-state index in [2.05, 4.69) is 86.8 Å². The molecule has 29 heteroatoms. The standard InChI is InChI=1S/C15H17N3O2S2.C8H11NO2.C7H7ClN2S2.C7H8N2OS2.C6H8O3S.C2H4.Cl3OP/c1-19-10-4-9(5-11(6-10)20-2)16-14-12-7-22-8-13(12)17-15(18-14)21-3;1-10-7-3-6(9)4-8(5-7)11-2;1-11-7-9-5-3-12-2-4(5)6(8)10-7;1-11-7-8-5-3-12-2-4(5)6(10)9-7;1-9-6(8)4-2-10-3-5(4)7;1-2;1-5(2,3)4/h4-6H,7-8H2,1-3H3,(H,16,17,18);3-5H,9H2,1-2H3;2-3H2,1H3;2-3H2,1H3,(H,8,9,10);4H,2-3H2,1H3;1-2H2;. The maximum atomic E-state index is 11.4. The smallest absolute Gasteiger partial charge is 0.339 e. The summed E-state index contributed by atoms with van der Waals surface area (Å²) < 4.78 is 34.5. The fraction of sp³-hybridized carbons (Fsp3) is 0.378. The number of hydrogen-bond acceptors (Lipinski definition) is 23. The first-order chi connectivity index (χ1) is 35.4. The summed E-state index contributed by atoms with van der Waals surface area (Å²) >= 11 is 31.3. The lowest BCUT2D eigenvalue weighted by atomic mass is 10.1. The number of ether oxygens (including phenoxy) is 5. The van der Waals surface area contributed by atoms with E-state index in [4.69, 9.17) is 36.3 Å². The number of thioether (sulfide) groups is 7. The number of methoxy groups -OCH3 is 5. The van der Waals surface area contributed by atoms with Gasteiger partial charge in [0.15, 0.2) is 21.3 Å². The molecular weight excluding hydrogens is 1190 g/mol. The number of Topliss-reactive ketones (excluding diaryl/α,β-unsaturated/α-hetero) is 1. The Morgan fingerprint density at radius 1 is 0.676 bits per heavy atom. The quantitative estimate of drug-likeness (QED) is 0.0172. The van der Waals surface area contributed by atoms with Crippen molar-refractivity contribution >= 4 is 162 Å². The molecule has 5 aromatic rings. The highest BCUT2D eigenvalue weighted by Crippen LogP contribution is 2.61. The van der Waals surface area contributed by atoms with Crippen LogP contribution in [0.3, 0.4) is 0 Å². The fourth-order valence-electron chi connectivity index (χ4n) is 6.10. The van der Waals surface area contributed by atoms with Crippen LogP contribution in [0.2, 0.25) is 5.15 Å². The van der Waals surface area contributed by atoms with E-state index in [9.17, 15) is 18.9 Å². The SMILES string of the molecule is C=C.COC(=O)C1CSCC1=O.COc1cc(N)cc(OC)c1.COc1cc(Nc2nc(SC)nc3c2CSC3)cc(OC)c1.CSc1nc(Cl)c2c(n1)CSC2.CSc1nc2c(c(=O)[nH]1)CSC2.O=P(Cl)(Cl)Cl. The van der Waals surface area contributed by atoms with Crippen molar-refractivity contribution in [3.05, 3.63) is 98.8 Å². The van der Waals surface area contributed by atoms with Gasteiger partial charge in [-0.2, -0.15) is 47.0 Å². The van der Waals surface area contributed by atoms with Crippen molar-refractivity contribution in [2.24, 2.45) is 5.92 Å². The van der Waals surface area contributed by atoms with E-state index in [1.165, 1.54) is 48.0 Å². The van der Waals surface area contributed by atoms with Gasteiger partial charge < -0.3 is 39.7 Å². The number of nitrogens with zero attached hydrogens (tertiary/aromatic N) is 5. The zero-order chi connectivity index (χ0) is 55.0. The number of nitrogens with one attached hydrogen (secondary N) is 2. The average molecular weight is 1250 g/mol. The van der Waals surface area contributed by atoms with Crippen molar-refractivity contribution in [2.45, 2.75) is 50.0 Å². The molecule has 3 aromatic heterocycles. The number of H-pyrrole nitrogens is 1. The highest BCUT2D eigenvalue weighted by atomic mass is 36.0. The van der Waals surface area contributed by atoms with E-state index in [-0.39, 0.29) is 11.3 Å². The number of rotatable bonds is 10. The minimum absolute atomic E-state index is 0.00292. The molecule has 9 rings (SSSR count). The third kappa shape index (κ3) is 21.8. The van der Waals surface area contributed by atoms with Crippen molar-refractivity contribution in [3.63, 3.8) is 0 Å². The molecule has 404 valence electrons. The number of benzene rings is 2. The Balaban J connectivity index is 0.000000244. The molecule has 74 heavy (non-hydrogen) atoms. The van der Waals surface area contributed by atoms with E-state index in [1.807, 2.05) is 60.5 Å². The van der Waals surface area contributed by atoms with Crippen molar-refractivity contribution in [1.82, 2.24) is 29.9 Å². The molecule has 1 unspecified atom stereocenters. The van der Waals surface area contributed by atoms with Crippen LogP contribution in [0, 0.1) is 5.92 Å². The van der Waals surface area contributed by atoms with Gasteiger partial charge in [0.25, 0.3) is 5.56 Å². The number of nitrogen functional groups attached to an aromatic ring is 1. The molecule has 1 atom stereocenters. The van der Waals surface area contributed by atoms with Gasteiger partial charge in [0.1, 0.15) is 39.9 Å². The molecule has 0 bridgehead atoms. The van der Waals surface area contributed by atoms with Crippen LogP contribution < -0.4 is 35.6 Å². The minimum atomic E-state index is -3.22. The van der Waals surface area contributed by atoms with Gasteiger partial charge in [0, 0.05) is 105 Å². The Kier molecular flexibility index (Phi) is 30.0. The molecule has 0 radical (unpaired) electrons. The summed E-state index contributed by atoms with van der Waals surface area (Å²) in [5.74, 6) is 9.45. The zero-order valence-electron chi connectivity index (χ0n) is 41.4. The van der Waals surface area contributed by atoms with Gasteiger partial charge in [-0.1, -0.05) is 46.9 Å². The fourth-order valence-corrected chi connectivity index (χ4v) is 11.8. The van der Waals surface area contributed by atoms with Crippen molar-refractivity contribution in [2.75, 3.05) is 76.9 Å². The van der Waals surface area contributed by atoms with Crippen LogP contribution in [0.1, 0.15) is 33.8 Å². The van der Waals surface area contributed by atoms with Crippen LogP contribution in [0.5, 0.6) is 23.0 Å². The maximum Gasteiger partial charge on any atom is 0.339 e. The largest absolute Gasteiger partial charge is 0.497 e. The highest BCUT2D eigenvalue weighted by Gasteiger charge is 2.32. The van der Waals surface area contributed by atoms with E-state index < -0.39 is 17.1 Å². The first-order valence-corrected chi connectivity index (χ1v) is 34.2. The molecule has 0 aliphatic carbocycles. The summed E-state index contributed by atoms with van der Waals surface area (Å²) in [6.45, 7) is 6.00. The van der Waals surface area contributed by atoms with Crippen molar-refractivity contribution < 1.29 is 37.8 Å². The number of esters is 1. The Labute approximate surface area is 480 Å². The first kappa shape index (κ1) is 65.3. The predicted molar refractivity (Wildman–Crippen MR) is 315 cm³/mol. The second-order valence-corrected chi connectivity index (χ2v) is 27.5. The van der Waals surface area contributed by atoms with Crippen LogP contribution in [0.25, 0.3) is 0 Å². The Hall–Kier alpha value is -3.00. The molecule has 7 heterocycles. The topological polar surface area (TPSA) is 233 Å². The van der Waals surface area contributed by atoms with Crippen molar-refractivity contribution in [3.8, 4) is 23.0 Å². The number of anilines is 3. The summed E-state index contributed by atoms with van der Waals surface area (Å²) in [7, 11) is 7.77. The molecule has 4 N–H and O–H groups in total. The second kappa shape index (κ2) is 34.0. The molecule has 0 amide bonds. The molecule has 1 saturated heterocycles. The lowest BCUT2D eigenvalue weighted by molar-refractivity contribution is -0.147. The summed E-state index contributed by atoms with van der Waals surface area (Å²) in [5.41, 5.74) is 13.5. The van der Waals surface area contributed by atoms with Gasteiger partial charge in [-0.15, -0.1) is 13.2 Å². The minimum Gasteiger partial charge on any atom is -0.497 e. The molecule has 4 aliphatic rings. The third-order valence-corrected chi connectivity index (χ3v) is 15.5. The van der Waals surface area contributed by atoms with E-state index >= 15 is 0 Å². The Morgan fingerprint density at radius 2 is 1.14 bits per heavy atom. The van der Waals surface area contributed by atoms with Crippen LogP contribution >= 0.6 is 133 Å². The average Bonchev–Trinajstić information content (AvgIpc) is 4.25. The van der Waals surface area contributed by atoms with Gasteiger partial charge in [-0.3, -0.25) is 18.9 Å². The van der Waals surface area contributed by atoms with Gasteiger partial charge >= 0.3 is 11.2 Å². The van der Waals surface area contributed by atoms with Crippen LogP contribution in [-0.4, -0.2) is 107 Å². The van der Waals surface area contributed by atoms with Crippen LogP contribution in [0.15, 0.2) is 69.8 Å². The molecule has 1 fully saturated rings. The van der Waals surface area contributed by atoms with Gasteiger partial charge in [0.05, 0.1) is 58.4 Å². The number of carbonyl (C=O) groups excluding carboxylic acids is 2. The number of hydrogen-bond donors (Lipinski definition) is 3. The molecule has 0 saturated carbocycles. The van der Waals surface area contributed by atoms with E-state index in [0.717, 1.165) is 101 Å². The first-order valence-electron chi connectivity index (χ1n) is 21.1. The summed E-state index contributed by atoms with van der Waals surface area (Å²) in [6, 6.07) is 11.0. The molecule has 17 nitrogen and oxygen atoms in total. The zero-order valence-corrected chi connectivity index (χ0v) is 51.1. The lowest BCUT2D eigenvalue weighted by Crippen LogP contribution is -2.23. The Bertz CT molecular complexity index is 2720. The van der Waals surface area contributed by atoms with Crippen molar-refractivity contribution in [1.29, 1.82) is 0 Å². The third-order valence-electron chi connectivity index (χ3n) is 9.58. The molecule has 4 aliphatic heterocycles. The Morgan fingerprint density at radius 3 is 1.59 bits per heavy atom. The number of ketones is 1. The summed E-state index contributed by atoms with van der Waals surface area (Å²) in [4.78, 5) is 57.8. The molecule has 2 aromatic carbocycles.